The number of benzene rings is 1. The summed E-state index contributed by atoms with van der Waals surface area (Å²) in [4.78, 5) is 4.29. The van der Waals surface area contributed by atoms with E-state index in [1.807, 2.05) is 0 Å². The molecule has 0 spiro atoms. The average Bonchev–Trinajstić information content (AvgIpc) is 2.86. The molecule has 0 aliphatic carbocycles. The molecule has 0 saturated heterocycles. The van der Waals surface area contributed by atoms with Gasteiger partial charge in [-0.25, -0.2) is 4.98 Å². The maximum atomic E-state index is 5.73. The zero-order valence-corrected chi connectivity index (χ0v) is 12.2. The molecule has 3 aromatic rings. The van der Waals surface area contributed by atoms with Crippen LogP contribution in [0, 0.1) is 13.8 Å². The number of aromatic nitrogens is 4. The van der Waals surface area contributed by atoms with Gasteiger partial charge in [0, 0.05) is 18.9 Å². The minimum Gasteiger partial charge on any atom is -0.368 e. The number of anilines is 2. The summed E-state index contributed by atoms with van der Waals surface area (Å²) in [5.74, 6) is 1.06. The molecule has 2 heterocycles. The lowest BCUT2D eigenvalue weighted by Crippen LogP contribution is -2.08. The maximum Gasteiger partial charge on any atom is 0.226 e. The van der Waals surface area contributed by atoms with Gasteiger partial charge in [0.05, 0.1) is 0 Å². The van der Waals surface area contributed by atoms with Gasteiger partial charge in [-0.05, 0) is 37.0 Å². The van der Waals surface area contributed by atoms with Crippen LogP contribution in [0.5, 0.6) is 0 Å². The van der Waals surface area contributed by atoms with E-state index in [4.69, 9.17) is 5.73 Å². The number of nitrogen functional groups attached to an aromatic ring is 1. The van der Waals surface area contributed by atoms with Crippen LogP contribution in [0.1, 0.15) is 16.7 Å². The lowest BCUT2D eigenvalue weighted by molar-refractivity contribution is 0.994. The molecule has 3 N–H and O–H groups in total. The fraction of sp³-hybridized carbons (Fsp3) is 0.267. The van der Waals surface area contributed by atoms with Crippen LogP contribution in [0.15, 0.2) is 30.6 Å². The third-order valence-electron chi connectivity index (χ3n) is 3.63. The van der Waals surface area contributed by atoms with E-state index < -0.39 is 0 Å². The van der Waals surface area contributed by atoms with E-state index in [-0.39, 0.29) is 0 Å². The van der Waals surface area contributed by atoms with Crippen LogP contribution >= 0.6 is 0 Å². The van der Waals surface area contributed by atoms with Crippen molar-refractivity contribution in [2.75, 3.05) is 17.6 Å². The van der Waals surface area contributed by atoms with E-state index in [0.29, 0.717) is 17.4 Å². The van der Waals surface area contributed by atoms with Gasteiger partial charge in [-0.2, -0.15) is 0 Å². The van der Waals surface area contributed by atoms with Crippen molar-refractivity contribution in [3.63, 3.8) is 0 Å². The van der Waals surface area contributed by atoms with E-state index >= 15 is 0 Å². The van der Waals surface area contributed by atoms with Crippen molar-refractivity contribution in [1.82, 2.24) is 19.6 Å². The Morgan fingerprint density at radius 2 is 2.05 bits per heavy atom. The van der Waals surface area contributed by atoms with E-state index in [2.05, 4.69) is 52.5 Å². The second-order valence-corrected chi connectivity index (χ2v) is 5.12. The summed E-state index contributed by atoms with van der Waals surface area (Å²) < 4.78 is 1.71. The lowest BCUT2D eigenvalue weighted by Gasteiger charge is -2.08. The Morgan fingerprint density at radius 1 is 1.19 bits per heavy atom. The van der Waals surface area contributed by atoms with Crippen molar-refractivity contribution in [2.24, 2.45) is 0 Å². The normalized spacial score (nSPS) is 11.0. The van der Waals surface area contributed by atoms with Crippen molar-refractivity contribution in [2.45, 2.75) is 20.3 Å². The molecule has 1 aromatic carbocycles. The third kappa shape index (κ3) is 2.65. The standard InChI is InChI=1S/C15H18N6/c1-10-3-4-12(9-11(10)2)5-6-17-13-14-19-20-15(16)21(14)8-7-18-13/h3-4,7-9H,5-6H2,1-2H3,(H2,16,20)(H,17,18). The van der Waals surface area contributed by atoms with Gasteiger partial charge in [0.1, 0.15) is 0 Å². The SMILES string of the molecule is Cc1ccc(CCNc2nccn3c(N)nnc23)cc1C. The zero-order valence-electron chi connectivity index (χ0n) is 12.2. The molecule has 0 aliphatic heterocycles. The Hall–Kier alpha value is -2.63. The van der Waals surface area contributed by atoms with Crippen molar-refractivity contribution in [3.8, 4) is 0 Å². The summed E-state index contributed by atoms with van der Waals surface area (Å²) in [7, 11) is 0. The van der Waals surface area contributed by atoms with Crippen LogP contribution < -0.4 is 11.1 Å². The Balaban J connectivity index is 1.70. The molecule has 0 unspecified atom stereocenters. The number of rotatable bonds is 4. The molecule has 0 amide bonds. The van der Waals surface area contributed by atoms with Crippen LogP contribution in [0.2, 0.25) is 0 Å². The van der Waals surface area contributed by atoms with E-state index in [0.717, 1.165) is 13.0 Å². The summed E-state index contributed by atoms with van der Waals surface area (Å²) in [6.45, 7) is 5.03. The van der Waals surface area contributed by atoms with Gasteiger partial charge < -0.3 is 11.1 Å². The molecular weight excluding hydrogens is 264 g/mol. The summed E-state index contributed by atoms with van der Waals surface area (Å²) in [6, 6.07) is 6.54. The molecule has 0 fully saturated rings. The van der Waals surface area contributed by atoms with E-state index in [9.17, 15) is 0 Å². The van der Waals surface area contributed by atoms with E-state index in [1.54, 1.807) is 16.8 Å². The number of hydrogen-bond acceptors (Lipinski definition) is 5. The summed E-state index contributed by atoms with van der Waals surface area (Å²) in [5.41, 5.74) is 10.3. The van der Waals surface area contributed by atoms with Gasteiger partial charge >= 0.3 is 0 Å². The number of nitrogens with zero attached hydrogens (tertiary/aromatic N) is 4. The highest BCUT2D eigenvalue weighted by atomic mass is 15.3. The Labute approximate surface area is 123 Å². The lowest BCUT2D eigenvalue weighted by atomic mass is 10.0. The minimum atomic E-state index is 0.365. The number of nitrogens with one attached hydrogen (secondary N) is 1. The Kier molecular flexibility index (Phi) is 3.43. The number of aryl methyl sites for hydroxylation is 2. The maximum absolute atomic E-state index is 5.73. The molecule has 0 radical (unpaired) electrons. The molecule has 0 atom stereocenters. The molecule has 108 valence electrons. The Bertz CT molecular complexity index is 777. The smallest absolute Gasteiger partial charge is 0.226 e. The molecule has 2 aromatic heterocycles. The average molecular weight is 282 g/mol. The second-order valence-electron chi connectivity index (χ2n) is 5.12. The molecule has 0 aliphatic rings. The highest BCUT2D eigenvalue weighted by Crippen LogP contribution is 2.14. The van der Waals surface area contributed by atoms with Crippen LogP contribution in [0.3, 0.4) is 0 Å². The van der Waals surface area contributed by atoms with E-state index in [1.165, 1.54) is 16.7 Å². The third-order valence-corrected chi connectivity index (χ3v) is 3.63. The summed E-state index contributed by atoms with van der Waals surface area (Å²) in [6.07, 6.45) is 4.36. The van der Waals surface area contributed by atoms with Crippen LogP contribution in [-0.4, -0.2) is 26.1 Å². The predicted molar refractivity (Wildman–Crippen MR) is 83.3 cm³/mol. The first-order chi connectivity index (χ1) is 10.1. The summed E-state index contributed by atoms with van der Waals surface area (Å²) >= 11 is 0. The minimum absolute atomic E-state index is 0.365. The summed E-state index contributed by atoms with van der Waals surface area (Å²) in [5, 5.41) is 11.2. The van der Waals surface area contributed by atoms with Gasteiger partial charge in [0.2, 0.25) is 11.6 Å². The van der Waals surface area contributed by atoms with Crippen molar-refractivity contribution < 1.29 is 0 Å². The first-order valence-corrected chi connectivity index (χ1v) is 6.90. The van der Waals surface area contributed by atoms with Crippen LogP contribution in [0.4, 0.5) is 11.8 Å². The van der Waals surface area contributed by atoms with Crippen molar-refractivity contribution in [3.05, 3.63) is 47.3 Å². The molecule has 3 rings (SSSR count). The highest BCUT2D eigenvalue weighted by Gasteiger charge is 2.07. The second kappa shape index (κ2) is 5.40. The largest absolute Gasteiger partial charge is 0.368 e. The molecule has 6 nitrogen and oxygen atoms in total. The fourth-order valence-electron chi connectivity index (χ4n) is 2.25. The number of hydrogen-bond donors (Lipinski definition) is 2. The van der Waals surface area contributed by atoms with Gasteiger partial charge in [-0.15, -0.1) is 10.2 Å². The van der Waals surface area contributed by atoms with Gasteiger partial charge in [0.15, 0.2) is 5.82 Å². The Morgan fingerprint density at radius 3 is 2.86 bits per heavy atom. The number of nitrogens with two attached hydrogens (primary N) is 1. The topological polar surface area (TPSA) is 81.1 Å². The predicted octanol–water partition coefficient (Wildman–Crippen LogP) is 1.98. The van der Waals surface area contributed by atoms with Crippen molar-refractivity contribution in [1.29, 1.82) is 0 Å². The molecule has 21 heavy (non-hydrogen) atoms. The monoisotopic (exact) mass is 282 g/mol. The highest BCUT2D eigenvalue weighted by molar-refractivity contribution is 5.63. The van der Waals surface area contributed by atoms with Gasteiger partial charge in [0.25, 0.3) is 0 Å². The molecular formula is C15H18N6. The first-order valence-electron chi connectivity index (χ1n) is 6.90. The fourth-order valence-corrected chi connectivity index (χ4v) is 2.25. The number of fused-ring (bicyclic) bond motifs is 1. The van der Waals surface area contributed by atoms with Crippen LogP contribution in [-0.2, 0) is 6.42 Å². The molecule has 6 heteroatoms. The zero-order chi connectivity index (χ0) is 14.8. The first kappa shape index (κ1) is 13.4. The molecule has 0 saturated carbocycles. The van der Waals surface area contributed by atoms with Crippen molar-refractivity contribution >= 4 is 17.4 Å². The quantitative estimate of drug-likeness (QED) is 0.764. The van der Waals surface area contributed by atoms with Gasteiger partial charge in [-0.3, -0.25) is 4.40 Å². The van der Waals surface area contributed by atoms with Crippen LogP contribution in [0.25, 0.3) is 5.65 Å². The molecule has 0 bridgehead atoms. The van der Waals surface area contributed by atoms with Gasteiger partial charge in [-0.1, -0.05) is 18.2 Å².